The molecule has 0 bridgehead atoms. The monoisotopic (exact) mass is 172 g/mol. The van der Waals surface area contributed by atoms with E-state index in [-0.39, 0.29) is 5.97 Å². The molecule has 70 valence electrons. The summed E-state index contributed by atoms with van der Waals surface area (Å²) < 4.78 is 10.1. The number of hydrogen-bond acceptors (Lipinski definition) is 3. The molecule has 0 amide bonds. The first-order chi connectivity index (χ1) is 5.83. The van der Waals surface area contributed by atoms with Gasteiger partial charge in [-0.2, -0.15) is 0 Å². The van der Waals surface area contributed by atoms with Crippen LogP contribution < -0.4 is 0 Å². The summed E-state index contributed by atoms with van der Waals surface area (Å²) in [4.78, 5) is 11.0. The maximum Gasteiger partial charge on any atom is 0.306 e. The third kappa shape index (κ3) is 3.22. The van der Waals surface area contributed by atoms with Gasteiger partial charge in [0, 0.05) is 13.2 Å². The lowest BCUT2D eigenvalue weighted by molar-refractivity contribution is -0.145. The van der Waals surface area contributed by atoms with Gasteiger partial charge in [-0.05, 0) is 25.7 Å². The average molecular weight is 172 g/mol. The highest BCUT2D eigenvalue weighted by atomic mass is 16.5. The Hall–Kier alpha value is -0.570. The van der Waals surface area contributed by atoms with Crippen LogP contribution in [0.2, 0.25) is 0 Å². The minimum absolute atomic E-state index is 0.0898. The van der Waals surface area contributed by atoms with Gasteiger partial charge < -0.3 is 9.47 Å². The molecule has 3 nitrogen and oxygen atoms in total. The van der Waals surface area contributed by atoms with Crippen molar-refractivity contribution in [3.8, 4) is 0 Å². The Kier molecular flexibility index (Phi) is 4.08. The van der Waals surface area contributed by atoms with Crippen molar-refractivity contribution >= 4 is 5.97 Å². The Morgan fingerprint density at radius 2 is 2.50 bits per heavy atom. The van der Waals surface area contributed by atoms with Crippen molar-refractivity contribution in [2.45, 2.75) is 26.2 Å². The summed E-state index contributed by atoms with van der Waals surface area (Å²) in [5, 5.41) is 0. The molecule has 0 aromatic carbocycles. The van der Waals surface area contributed by atoms with E-state index in [1.165, 1.54) is 0 Å². The number of carbonyl (C=O) groups excluding carboxylic acids is 1. The molecule has 0 saturated carbocycles. The summed E-state index contributed by atoms with van der Waals surface area (Å²) in [6.07, 6.45) is 2.69. The van der Waals surface area contributed by atoms with Crippen LogP contribution >= 0.6 is 0 Å². The van der Waals surface area contributed by atoms with E-state index in [1.807, 2.05) is 6.92 Å². The molecule has 1 aliphatic rings. The molecule has 0 spiro atoms. The first-order valence-corrected chi connectivity index (χ1v) is 4.56. The number of rotatable bonds is 3. The third-order valence-corrected chi connectivity index (χ3v) is 2.02. The van der Waals surface area contributed by atoms with Crippen LogP contribution in [0.3, 0.4) is 0 Å². The SMILES string of the molecule is CCOC(=O)CC1CCCOC1. The van der Waals surface area contributed by atoms with Gasteiger partial charge >= 0.3 is 5.97 Å². The summed E-state index contributed by atoms with van der Waals surface area (Å²) in [6, 6.07) is 0. The van der Waals surface area contributed by atoms with Gasteiger partial charge in [0.15, 0.2) is 0 Å². The molecular weight excluding hydrogens is 156 g/mol. The van der Waals surface area contributed by atoms with Gasteiger partial charge in [-0.1, -0.05) is 0 Å². The minimum Gasteiger partial charge on any atom is -0.466 e. The van der Waals surface area contributed by atoms with Gasteiger partial charge in [-0.25, -0.2) is 0 Å². The molecule has 0 aromatic heterocycles. The molecule has 0 N–H and O–H groups in total. The molecule has 0 aliphatic carbocycles. The summed E-state index contributed by atoms with van der Waals surface area (Å²) in [5.74, 6) is 0.297. The van der Waals surface area contributed by atoms with Crippen LogP contribution in [0.25, 0.3) is 0 Å². The standard InChI is InChI=1S/C9H16O3/c1-2-12-9(10)6-8-4-3-5-11-7-8/h8H,2-7H2,1H3. The van der Waals surface area contributed by atoms with E-state index in [1.54, 1.807) is 0 Å². The molecule has 1 rings (SSSR count). The predicted octanol–water partition coefficient (Wildman–Crippen LogP) is 1.37. The number of ether oxygens (including phenoxy) is 2. The van der Waals surface area contributed by atoms with E-state index in [4.69, 9.17) is 9.47 Å². The van der Waals surface area contributed by atoms with Crippen LogP contribution in [0.5, 0.6) is 0 Å². The predicted molar refractivity (Wildman–Crippen MR) is 44.8 cm³/mol. The number of esters is 1. The maximum atomic E-state index is 11.0. The van der Waals surface area contributed by atoms with Gasteiger partial charge in [0.25, 0.3) is 0 Å². The highest BCUT2D eigenvalue weighted by Crippen LogP contribution is 2.17. The van der Waals surface area contributed by atoms with Crippen LogP contribution in [-0.2, 0) is 14.3 Å². The molecule has 1 fully saturated rings. The fourth-order valence-corrected chi connectivity index (χ4v) is 1.42. The molecule has 3 heteroatoms. The van der Waals surface area contributed by atoms with E-state index in [9.17, 15) is 4.79 Å². The van der Waals surface area contributed by atoms with Gasteiger partial charge in [-0.3, -0.25) is 4.79 Å². The normalized spacial score (nSPS) is 23.6. The minimum atomic E-state index is -0.0898. The van der Waals surface area contributed by atoms with Crippen LogP contribution in [0, 0.1) is 5.92 Å². The molecule has 0 aromatic rings. The summed E-state index contributed by atoms with van der Waals surface area (Å²) in [7, 11) is 0. The lowest BCUT2D eigenvalue weighted by atomic mass is 9.99. The van der Waals surface area contributed by atoms with E-state index in [0.717, 1.165) is 26.1 Å². The highest BCUT2D eigenvalue weighted by Gasteiger charge is 2.17. The second-order valence-electron chi connectivity index (χ2n) is 3.09. The van der Waals surface area contributed by atoms with Crippen LogP contribution in [0.15, 0.2) is 0 Å². The quantitative estimate of drug-likeness (QED) is 0.603. The summed E-state index contributed by atoms with van der Waals surface area (Å²) in [5.41, 5.74) is 0. The molecule has 1 atom stereocenters. The molecule has 1 unspecified atom stereocenters. The van der Waals surface area contributed by atoms with E-state index < -0.39 is 0 Å². The number of carbonyl (C=O) groups is 1. The second kappa shape index (κ2) is 5.14. The zero-order chi connectivity index (χ0) is 8.81. The van der Waals surface area contributed by atoms with Crippen molar-refractivity contribution in [2.75, 3.05) is 19.8 Å². The zero-order valence-electron chi connectivity index (χ0n) is 7.54. The van der Waals surface area contributed by atoms with Crippen molar-refractivity contribution in [3.05, 3.63) is 0 Å². The van der Waals surface area contributed by atoms with Crippen LogP contribution in [0.1, 0.15) is 26.2 Å². The van der Waals surface area contributed by atoms with Crippen molar-refractivity contribution in [3.63, 3.8) is 0 Å². The Bertz CT molecular complexity index is 139. The Labute approximate surface area is 73.0 Å². The fraction of sp³-hybridized carbons (Fsp3) is 0.889. The Balaban J connectivity index is 2.15. The fourth-order valence-electron chi connectivity index (χ4n) is 1.42. The summed E-state index contributed by atoms with van der Waals surface area (Å²) in [6.45, 7) is 3.87. The summed E-state index contributed by atoms with van der Waals surface area (Å²) >= 11 is 0. The lowest BCUT2D eigenvalue weighted by Gasteiger charge is -2.20. The van der Waals surface area contributed by atoms with E-state index in [2.05, 4.69) is 0 Å². The maximum absolute atomic E-state index is 11.0. The van der Waals surface area contributed by atoms with E-state index >= 15 is 0 Å². The number of hydrogen-bond donors (Lipinski definition) is 0. The zero-order valence-corrected chi connectivity index (χ0v) is 7.54. The highest BCUT2D eigenvalue weighted by molar-refractivity contribution is 5.69. The van der Waals surface area contributed by atoms with Crippen LogP contribution in [-0.4, -0.2) is 25.8 Å². The molecule has 1 saturated heterocycles. The Morgan fingerprint density at radius 3 is 3.08 bits per heavy atom. The lowest BCUT2D eigenvalue weighted by Crippen LogP contribution is -2.21. The van der Waals surface area contributed by atoms with Crippen molar-refractivity contribution in [2.24, 2.45) is 5.92 Å². The molecule has 1 heterocycles. The molecule has 1 aliphatic heterocycles. The van der Waals surface area contributed by atoms with Crippen LogP contribution in [0.4, 0.5) is 0 Å². The first-order valence-electron chi connectivity index (χ1n) is 4.56. The topological polar surface area (TPSA) is 35.5 Å². The molecular formula is C9H16O3. The molecule has 12 heavy (non-hydrogen) atoms. The second-order valence-corrected chi connectivity index (χ2v) is 3.09. The van der Waals surface area contributed by atoms with Gasteiger partial charge in [-0.15, -0.1) is 0 Å². The smallest absolute Gasteiger partial charge is 0.306 e. The third-order valence-electron chi connectivity index (χ3n) is 2.02. The van der Waals surface area contributed by atoms with Gasteiger partial charge in [0.05, 0.1) is 13.0 Å². The van der Waals surface area contributed by atoms with Crippen molar-refractivity contribution in [1.29, 1.82) is 0 Å². The van der Waals surface area contributed by atoms with Gasteiger partial charge in [0.2, 0.25) is 0 Å². The Morgan fingerprint density at radius 1 is 1.67 bits per heavy atom. The first kappa shape index (κ1) is 9.52. The average Bonchev–Trinajstić information content (AvgIpc) is 2.06. The molecule has 0 radical (unpaired) electrons. The van der Waals surface area contributed by atoms with Gasteiger partial charge in [0.1, 0.15) is 0 Å². The van der Waals surface area contributed by atoms with E-state index in [0.29, 0.717) is 18.9 Å². The van der Waals surface area contributed by atoms with Crippen molar-refractivity contribution in [1.82, 2.24) is 0 Å². The van der Waals surface area contributed by atoms with Crippen molar-refractivity contribution < 1.29 is 14.3 Å². The largest absolute Gasteiger partial charge is 0.466 e.